The number of benzene rings is 3. The van der Waals surface area contributed by atoms with Crippen molar-refractivity contribution in [3.8, 4) is 28.3 Å². The quantitative estimate of drug-likeness (QED) is 0.206. The number of aromatic nitrogens is 2. The van der Waals surface area contributed by atoms with E-state index in [0.717, 1.165) is 33.3 Å². The number of carboxylic acid groups (broad SMARTS) is 1. The van der Waals surface area contributed by atoms with Crippen LogP contribution in [-0.4, -0.2) is 33.4 Å². The van der Waals surface area contributed by atoms with Gasteiger partial charge in [-0.25, -0.2) is 0 Å². The molecule has 0 radical (unpaired) electrons. The molecule has 0 aliphatic rings. The first-order chi connectivity index (χ1) is 19.0. The minimum atomic E-state index is -0.892. The summed E-state index contributed by atoms with van der Waals surface area (Å²) < 4.78 is 8.73. The summed E-state index contributed by atoms with van der Waals surface area (Å²) in [5.74, 6) is -1.01. The number of amides is 1. The minimum Gasteiger partial charge on any atom is -0.483 e. The van der Waals surface area contributed by atoms with Gasteiger partial charge in [0.25, 0.3) is 5.91 Å². The number of aliphatic carboxylic acids is 1. The average molecular weight is 605 g/mol. The van der Waals surface area contributed by atoms with Gasteiger partial charge in [-0.3, -0.25) is 14.3 Å². The van der Waals surface area contributed by atoms with Gasteiger partial charge in [0.1, 0.15) is 5.75 Å². The van der Waals surface area contributed by atoms with Crippen LogP contribution < -0.4 is 10.5 Å². The maximum atomic E-state index is 11.8. The molecule has 0 atom stereocenters. The fourth-order valence-electron chi connectivity index (χ4n) is 4.64. The molecule has 4 aromatic rings. The lowest BCUT2D eigenvalue weighted by Gasteiger charge is -2.21. The second kappa shape index (κ2) is 12.5. The van der Waals surface area contributed by atoms with Gasteiger partial charge in [0, 0.05) is 34.1 Å². The Hall–Kier alpha value is -3.91. The van der Waals surface area contributed by atoms with Crippen LogP contribution in [-0.2, 0) is 34.4 Å². The normalized spacial score (nSPS) is 11.4. The molecule has 0 saturated carbocycles. The Morgan fingerprint density at radius 2 is 1.75 bits per heavy atom. The number of hydrogen-bond acceptors (Lipinski definition) is 4. The second-order valence-electron chi connectivity index (χ2n) is 10.8. The van der Waals surface area contributed by atoms with Crippen LogP contribution in [0.15, 0.2) is 77.3 Å². The molecular weight excluding hydrogens is 570 g/mol. The highest BCUT2D eigenvalue weighted by Crippen LogP contribution is 2.40. The standard InChI is InChI=1S/C32H34BrN3O4/c1-32(2,3)23-12-14-27(40-20-28(34)37)26(19-23)30-25(13-15-29(38)39)31(22-10-7-11-24(33)18-22)36(35-30)17-16-21-8-5-4-6-9-21/h4-12,14,18-19H,13,15-17,20H2,1-3H3,(H2,34,37)(H,38,39). The largest absolute Gasteiger partial charge is 0.483 e. The van der Waals surface area contributed by atoms with Gasteiger partial charge in [-0.15, -0.1) is 0 Å². The Kier molecular flexibility index (Phi) is 9.10. The summed E-state index contributed by atoms with van der Waals surface area (Å²) in [6.45, 7) is 6.66. The van der Waals surface area contributed by atoms with Crippen LogP contribution in [0.2, 0.25) is 0 Å². The number of halogens is 1. The van der Waals surface area contributed by atoms with Crippen molar-refractivity contribution in [2.45, 2.75) is 52.0 Å². The Morgan fingerprint density at radius 1 is 1.00 bits per heavy atom. The van der Waals surface area contributed by atoms with Gasteiger partial charge in [-0.2, -0.15) is 5.10 Å². The molecule has 0 saturated heterocycles. The first kappa shape index (κ1) is 29.1. The zero-order chi connectivity index (χ0) is 28.9. The summed E-state index contributed by atoms with van der Waals surface area (Å²) in [5.41, 5.74) is 11.4. The van der Waals surface area contributed by atoms with Gasteiger partial charge in [-0.05, 0) is 53.6 Å². The zero-order valence-corrected chi connectivity index (χ0v) is 24.6. The maximum absolute atomic E-state index is 11.8. The van der Waals surface area contributed by atoms with Gasteiger partial charge in [0.15, 0.2) is 6.61 Å². The molecule has 1 aromatic heterocycles. The number of carbonyl (C=O) groups is 2. The Bertz CT molecular complexity index is 1510. The second-order valence-corrected chi connectivity index (χ2v) is 11.7. The van der Waals surface area contributed by atoms with Crippen molar-refractivity contribution in [2.75, 3.05) is 6.61 Å². The van der Waals surface area contributed by atoms with Crippen molar-refractivity contribution in [3.63, 3.8) is 0 Å². The van der Waals surface area contributed by atoms with Gasteiger partial charge < -0.3 is 15.6 Å². The number of ether oxygens (including phenoxy) is 1. The van der Waals surface area contributed by atoms with Crippen LogP contribution in [0.5, 0.6) is 5.75 Å². The third-order valence-corrected chi connectivity index (χ3v) is 7.16. The maximum Gasteiger partial charge on any atom is 0.303 e. The van der Waals surface area contributed by atoms with Crippen molar-refractivity contribution in [1.82, 2.24) is 9.78 Å². The van der Waals surface area contributed by atoms with E-state index in [9.17, 15) is 14.7 Å². The molecule has 1 amide bonds. The molecule has 208 valence electrons. The summed E-state index contributed by atoms with van der Waals surface area (Å²) >= 11 is 3.59. The molecule has 3 N–H and O–H groups in total. The number of carbonyl (C=O) groups excluding carboxylic acids is 1. The molecule has 0 aliphatic carbocycles. The first-order valence-electron chi connectivity index (χ1n) is 13.2. The molecule has 1 heterocycles. The number of nitrogens with zero attached hydrogens (tertiary/aromatic N) is 2. The van der Waals surface area contributed by atoms with E-state index in [0.29, 0.717) is 23.6 Å². The molecule has 0 fully saturated rings. The zero-order valence-electron chi connectivity index (χ0n) is 23.0. The van der Waals surface area contributed by atoms with Crippen LogP contribution in [0.25, 0.3) is 22.5 Å². The van der Waals surface area contributed by atoms with E-state index in [1.54, 1.807) is 0 Å². The molecule has 0 unspecified atom stereocenters. The predicted octanol–water partition coefficient (Wildman–Crippen LogP) is 6.40. The van der Waals surface area contributed by atoms with Gasteiger partial charge in [-0.1, -0.05) is 85.2 Å². The number of carboxylic acids is 1. The van der Waals surface area contributed by atoms with Crippen LogP contribution in [0, 0.1) is 0 Å². The summed E-state index contributed by atoms with van der Waals surface area (Å²) in [4.78, 5) is 23.4. The van der Waals surface area contributed by atoms with Crippen LogP contribution in [0.4, 0.5) is 0 Å². The van der Waals surface area contributed by atoms with E-state index in [-0.39, 0.29) is 24.9 Å². The monoisotopic (exact) mass is 603 g/mol. The molecule has 0 spiro atoms. The fourth-order valence-corrected chi connectivity index (χ4v) is 5.04. The van der Waals surface area contributed by atoms with Crippen LogP contribution in [0.3, 0.4) is 0 Å². The number of hydrogen-bond donors (Lipinski definition) is 2. The summed E-state index contributed by atoms with van der Waals surface area (Å²) in [7, 11) is 0. The number of rotatable bonds is 11. The number of primary amides is 1. The number of nitrogens with two attached hydrogens (primary N) is 1. The SMILES string of the molecule is CC(C)(C)c1ccc(OCC(N)=O)c(-c2nn(CCc3ccccc3)c(-c3cccc(Br)c3)c2CCC(=O)O)c1. The molecule has 40 heavy (non-hydrogen) atoms. The van der Waals surface area contributed by atoms with Crippen molar-refractivity contribution < 1.29 is 19.4 Å². The summed E-state index contributed by atoms with van der Waals surface area (Å²) in [6, 6.07) is 23.9. The van der Waals surface area contributed by atoms with Crippen LogP contribution >= 0.6 is 15.9 Å². The summed E-state index contributed by atoms with van der Waals surface area (Å²) in [5, 5.41) is 14.7. The smallest absolute Gasteiger partial charge is 0.303 e. The van der Waals surface area contributed by atoms with E-state index in [1.165, 1.54) is 5.56 Å². The van der Waals surface area contributed by atoms with Gasteiger partial charge in [0.2, 0.25) is 0 Å². The highest BCUT2D eigenvalue weighted by atomic mass is 79.9. The van der Waals surface area contributed by atoms with E-state index >= 15 is 0 Å². The molecule has 7 nitrogen and oxygen atoms in total. The van der Waals surface area contributed by atoms with Crippen molar-refractivity contribution in [3.05, 3.63) is 94.0 Å². The van der Waals surface area contributed by atoms with E-state index in [4.69, 9.17) is 15.6 Å². The third-order valence-electron chi connectivity index (χ3n) is 6.66. The van der Waals surface area contributed by atoms with E-state index < -0.39 is 11.9 Å². The Balaban J connectivity index is 1.96. The van der Waals surface area contributed by atoms with E-state index in [1.807, 2.05) is 65.3 Å². The highest BCUT2D eigenvalue weighted by molar-refractivity contribution is 9.10. The average Bonchev–Trinajstić information content (AvgIpc) is 3.27. The molecule has 3 aromatic carbocycles. The highest BCUT2D eigenvalue weighted by Gasteiger charge is 2.25. The molecule has 0 bridgehead atoms. The van der Waals surface area contributed by atoms with E-state index in [2.05, 4.69) is 48.8 Å². The summed E-state index contributed by atoms with van der Waals surface area (Å²) in [6.07, 6.45) is 0.954. The third kappa shape index (κ3) is 7.18. The van der Waals surface area contributed by atoms with Gasteiger partial charge >= 0.3 is 5.97 Å². The topological polar surface area (TPSA) is 107 Å². The van der Waals surface area contributed by atoms with Gasteiger partial charge in [0.05, 0.1) is 11.4 Å². The van der Waals surface area contributed by atoms with Crippen molar-refractivity contribution in [1.29, 1.82) is 0 Å². The first-order valence-corrected chi connectivity index (χ1v) is 14.0. The Morgan fingerprint density at radius 3 is 2.40 bits per heavy atom. The lowest BCUT2D eigenvalue weighted by atomic mass is 9.85. The molecular formula is C32H34BrN3O4. The Labute approximate surface area is 243 Å². The molecule has 0 aliphatic heterocycles. The van der Waals surface area contributed by atoms with Crippen molar-refractivity contribution >= 4 is 27.8 Å². The lowest BCUT2D eigenvalue weighted by Crippen LogP contribution is -2.20. The van der Waals surface area contributed by atoms with Crippen molar-refractivity contribution in [2.24, 2.45) is 5.73 Å². The fraction of sp³-hybridized carbons (Fsp3) is 0.281. The van der Waals surface area contributed by atoms with Crippen LogP contribution in [0.1, 0.15) is 43.9 Å². The minimum absolute atomic E-state index is 0.0607. The molecule has 8 heteroatoms. The lowest BCUT2D eigenvalue weighted by molar-refractivity contribution is -0.137. The number of aryl methyl sites for hydroxylation is 2. The molecule has 4 rings (SSSR count). The predicted molar refractivity (Wildman–Crippen MR) is 160 cm³/mol.